The van der Waals surface area contributed by atoms with Crippen molar-refractivity contribution in [1.82, 2.24) is 15.5 Å². The lowest BCUT2D eigenvalue weighted by molar-refractivity contribution is -0.136. The van der Waals surface area contributed by atoms with E-state index in [1.807, 2.05) is 13.0 Å². The Hall–Kier alpha value is -3.41. The number of benzene rings is 1. The standard InChI is InChI=1S/C19H26N6O3/c1-3-8-25(18(28)11-23-13(2)26)12-17(27)24-16(10-20)9-14-4-6-15(7-5-14)19(21)22/h4-7,16H,3,8-9,11-12H2,1-2H3,(H3,21,22)(H,23,26)(H,24,27)/t16-/m0/s1. The van der Waals surface area contributed by atoms with E-state index < -0.39 is 11.9 Å². The molecule has 150 valence electrons. The number of hydrogen-bond acceptors (Lipinski definition) is 5. The fourth-order valence-corrected chi connectivity index (χ4v) is 2.47. The van der Waals surface area contributed by atoms with Crippen LogP contribution in [0.4, 0.5) is 0 Å². The fourth-order valence-electron chi connectivity index (χ4n) is 2.47. The minimum absolute atomic E-state index is 0.0448. The minimum atomic E-state index is -0.760. The highest BCUT2D eigenvalue weighted by Gasteiger charge is 2.19. The molecule has 0 radical (unpaired) electrons. The van der Waals surface area contributed by atoms with Crippen molar-refractivity contribution in [3.05, 3.63) is 35.4 Å². The van der Waals surface area contributed by atoms with Crippen LogP contribution in [-0.2, 0) is 20.8 Å². The molecule has 1 aromatic rings. The first-order valence-corrected chi connectivity index (χ1v) is 8.91. The molecule has 3 amide bonds. The van der Waals surface area contributed by atoms with E-state index in [9.17, 15) is 19.6 Å². The zero-order valence-electron chi connectivity index (χ0n) is 16.1. The number of nitrogen functional groups attached to an aromatic ring is 1. The first-order valence-electron chi connectivity index (χ1n) is 8.91. The summed E-state index contributed by atoms with van der Waals surface area (Å²) in [4.78, 5) is 36.7. The maximum Gasteiger partial charge on any atom is 0.242 e. The summed E-state index contributed by atoms with van der Waals surface area (Å²) < 4.78 is 0. The van der Waals surface area contributed by atoms with E-state index in [1.165, 1.54) is 11.8 Å². The van der Waals surface area contributed by atoms with Crippen molar-refractivity contribution in [1.29, 1.82) is 10.7 Å². The third kappa shape index (κ3) is 7.86. The van der Waals surface area contributed by atoms with Gasteiger partial charge in [-0.05, 0) is 12.0 Å². The van der Waals surface area contributed by atoms with Crippen LogP contribution in [0.25, 0.3) is 0 Å². The molecule has 0 saturated heterocycles. The Labute approximate surface area is 164 Å². The lowest BCUT2D eigenvalue weighted by atomic mass is 10.0. The molecule has 5 N–H and O–H groups in total. The zero-order chi connectivity index (χ0) is 21.1. The van der Waals surface area contributed by atoms with Gasteiger partial charge in [0.2, 0.25) is 17.7 Å². The van der Waals surface area contributed by atoms with E-state index in [4.69, 9.17) is 11.1 Å². The number of amides is 3. The first-order chi connectivity index (χ1) is 13.3. The zero-order valence-corrected chi connectivity index (χ0v) is 16.1. The molecule has 0 bridgehead atoms. The number of amidine groups is 1. The lowest BCUT2D eigenvalue weighted by Crippen LogP contribution is -2.47. The summed E-state index contributed by atoms with van der Waals surface area (Å²) in [6.07, 6.45) is 0.942. The predicted molar refractivity (Wildman–Crippen MR) is 104 cm³/mol. The van der Waals surface area contributed by atoms with Gasteiger partial charge in [-0.2, -0.15) is 5.26 Å². The molecule has 0 unspecified atom stereocenters. The average Bonchev–Trinajstić information content (AvgIpc) is 2.65. The average molecular weight is 386 g/mol. The number of nitrogens with one attached hydrogen (secondary N) is 3. The van der Waals surface area contributed by atoms with Crippen molar-refractivity contribution >= 4 is 23.6 Å². The second-order valence-corrected chi connectivity index (χ2v) is 6.29. The van der Waals surface area contributed by atoms with E-state index in [0.29, 0.717) is 18.5 Å². The van der Waals surface area contributed by atoms with Crippen LogP contribution < -0.4 is 16.4 Å². The number of nitrogens with zero attached hydrogens (tertiary/aromatic N) is 2. The summed E-state index contributed by atoms with van der Waals surface area (Å²) in [6, 6.07) is 8.12. The maximum atomic E-state index is 12.3. The second kappa shape index (κ2) is 11.3. The highest BCUT2D eigenvalue weighted by molar-refractivity contribution is 5.94. The molecule has 9 heteroatoms. The van der Waals surface area contributed by atoms with Gasteiger partial charge in [-0.25, -0.2) is 0 Å². The molecule has 0 saturated carbocycles. The Bertz CT molecular complexity index is 754. The molecule has 28 heavy (non-hydrogen) atoms. The van der Waals surface area contributed by atoms with Crippen molar-refractivity contribution in [3.63, 3.8) is 0 Å². The number of nitrogens with two attached hydrogens (primary N) is 1. The monoisotopic (exact) mass is 386 g/mol. The fraction of sp³-hybridized carbons (Fsp3) is 0.421. The van der Waals surface area contributed by atoms with Gasteiger partial charge in [0.15, 0.2) is 0 Å². The predicted octanol–water partition coefficient (Wildman–Crippen LogP) is -0.104. The Balaban J connectivity index is 2.65. The second-order valence-electron chi connectivity index (χ2n) is 6.29. The van der Waals surface area contributed by atoms with E-state index in [0.717, 1.165) is 5.56 Å². The molecule has 0 spiro atoms. The molecule has 9 nitrogen and oxygen atoms in total. The van der Waals surface area contributed by atoms with Gasteiger partial charge in [-0.1, -0.05) is 31.2 Å². The van der Waals surface area contributed by atoms with Crippen LogP contribution in [0.3, 0.4) is 0 Å². The Morgan fingerprint density at radius 1 is 1.29 bits per heavy atom. The Kier molecular flexibility index (Phi) is 9.16. The van der Waals surface area contributed by atoms with Crippen LogP contribution in [0.2, 0.25) is 0 Å². The molecule has 0 aliphatic carbocycles. The molecule has 1 atom stereocenters. The van der Waals surface area contributed by atoms with Gasteiger partial charge in [0.05, 0.1) is 19.2 Å². The van der Waals surface area contributed by atoms with Gasteiger partial charge in [0, 0.05) is 25.5 Å². The van der Waals surface area contributed by atoms with Crippen LogP contribution >= 0.6 is 0 Å². The summed E-state index contributed by atoms with van der Waals surface area (Å²) in [5.41, 5.74) is 6.80. The van der Waals surface area contributed by atoms with Gasteiger partial charge in [0.1, 0.15) is 11.9 Å². The molecule has 0 aromatic heterocycles. The number of nitriles is 1. The molecular formula is C19H26N6O3. The highest BCUT2D eigenvalue weighted by Crippen LogP contribution is 2.07. The van der Waals surface area contributed by atoms with Crippen LogP contribution in [0.5, 0.6) is 0 Å². The normalized spacial score (nSPS) is 11.0. The highest BCUT2D eigenvalue weighted by atomic mass is 16.2. The van der Waals surface area contributed by atoms with Crippen LogP contribution in [0, 0.1) is 16.7 Å². The largest absolute Gasteiger partial charge is 0.384 e. The third-order valence-electron chi connectivity index (χ3n) is 3.87. The van der Waals surface area contributed by atoms with E-state index >= 15 is 0 Å². The number of carbonyl (C=O) groups is 3. The molecule has 0 aliphatic heterocycles. The van der Waals surface area contributed by atoms with Gasteiger partial charge in [0.25, 0.3) is 0 Å². The number of rotatable bonds is 10. The van der Waals surface area contributed by atoms with Crippen LogP contribution in [0.15, 0.2) is 24.3 Å². The Morgan fingerprint density at radius 2 is 1.93 bits per heavy atom. The van der Waals surface area contributed by atoms with Gasteiger partial charge in [-0.3, -0.25) is 19.8 Å². The van der Waals surface area contributed by atoms with Crippen molar-refractivity contribution < 1.29 is 14.4 Å². The molecule has 0 aliphatic rings. The van der Waals surface area contributed by atoms with Crippen molar-refractivity contribution in [3.8, 4) is 6.07 Å². The van der Waals surface area contributed by atoms with Gasteiger partial charge >= 0.3 is 0 Å². The summed E-state index contributed by atoms with van der Waals surface area (Å²) in [5.74, 6) is -1.18. The van der Waals surface area contributed by atoms with E-state index in [2.05, 4.69) is 10.6 Å². The van der Waals surface area contributed by atoms with Crippen molar-refractivity contribution in [2.75, 3.05) is 19.6 Å². The smallest absolute Gasteiger partial charge is 0.242 e. The van der Waals surface area contributed by atoms with Crippen molar-refractivity contribution in [2.45, 2.75) is 32.7 Å². The molecule has 0 fully saturated rings. The summed E-state index contributed by atoms with van der Waals surface area (Å²) in [7, 11) is 0. The van der Waals surface area contributed by atoms with E-state index in [1.54, 1.807) is 24.3 Å². The third-order valence-corrected chi connectivity index (χ3v) is 3.87. The molecular weight excluding hydrogens is 360 g/mol. The van der Waals surface area contributed by atoms with Gasteiger partial charge in [-0.15, -0.1) is 0 Å². The summed E-state index contributed by atoms with van der Waals surface area (Å²) >= 11 is 0. The summed E-state index contributed by atoms with van der Waals surface area (Å²) in [6.45, 7) is 3.19. The molecule has 1 aromatic carbocycles. The maximum absolute atomic E-state index is 12.3. The van der Waals surface area contributed by atoms with Crippen LogP contribution in [0.1, 0.15) is 31.4 Å². The topological polar surface area (TPSA) is 152 Å². The summed E-state index contributed by atoms with van der Waals surface area (Å²) in [5, 5.41) is 21.7. The lowest BCUT2D eigenvalue weighted by Gasteiger charge is -2.22. The quantitative estimate of drug-likeness (QED) is 0.327. The van der Waals surface area contributed by atoms with E-state index in [-0.39, 0.29) is 37.2 Å². The SMILES string of the molecule is CCCN(CC(=O)N[C@H](C#N)Cc1ccc(C(=N)N)cc1)C(=O)CNC(C)=O. The number of carbonyl (C=O) groups excluding carboxylic acids is 3. The Morgan fingerprint density at radius 3 is 2.43 bits per heavy atom. The minimum Gasteiger partial charge on any atom is -0.384 e. The number of hydrogen-bond donors (Lipinski definition) is 4. The molecule has 0 heterocycles. The first kappa shape index (κ1) is 22.6. The van der Waals surface area contributed by atoms with Crippen LogP contribution in [-0.4, -0.2) is 54.1 Å². The van der Waals surface area contributed by atoms with Crippen molar-refractivity contribution in [2.24, 2.45) is 5.73 Å². The molecule has 1 rings (SSSR count). The van der Waals surface area contributed by atoms with Gasteiger partial charge < -0.3 is 21.3 Å².